The van der Waals surface area contributed by atoms with Crippen LogP contribution in [0.3, 0.4) is 0 Å². The van der Waals surface area contributed by atoms with Crippen molar-refractivity contribution >= 4 is 33.7 Å². The van der Waals surface area contributed by atoms with E-state index in [1.165, 1.54) is 0 Å². The van der Waals surface area contributed by atoms with Crippen LogP contribution in [0.1, 0.15) is 13.8 Å². The van der Waals surface area contributed by atoms with Crippen molar-refractivity contribution < 1.29 is 0 Å². The third-order valence-electron chi connectivity index (χ3n) is 3.54. The maximum absolute atomic E-state index is 6.13. The van der Waals surface area contributed by atoms with Gasteiger partial charge in [0, 0.05) is 26.0 Å². The molecule has 0 fully saturated rings. The Bertz CT molecular complexity index is 801. The number of para-hydroxylation sites is 1. The molecule has 0 bridgehead atoms. The number of nitrogens with zero attached hydrogens (tertiary/aromatic N) is 4. The summed E-state index contributed by atoms with van der Waals surface area (Å²) >= 11 is 0. The average molecular weight is 283 g/mol. The first-order valence-corrected chi connectivity index (χ1v) is 7.20. The summed E-state index contributed by atoms with van der Waals surface area (Å²) in [7, 11) is 4.01. The van der Waals surface area contributed by atoms with Crippen molar-refractivity contribution in [2.45, 2.75) is 20.4 Å². The first-order chi connectivity index (χ1) is 9.99. The zero-order chi connectivity index (χ0) is 15.1. The van der Waals surface area contributed by atoms with E-state index in [9.17, 15) is 0 Å². The molecule has 3 rings (SSSR count). The summed E-state index contributed by atoms with van der Waals surface area (Å²) in [4.78, 5) is 11.2. The fourth-order valence-corrected chi connectivity index (χ4v) is 2.73. The highest BCUT2D eigenvalue weighted by Crippen LogP contribution is 2.31. The molecule has 110 valence electrons. The smallest absolute Gasteiger partial charge is 0.206 e. The van der Waals surface area contributed by atoms with Crippen molar-refractivity contribution in [3.05, 3.63) is 24.3 Å². The molecule has 0 unspecified atom stereocenters. The number of pyridine rings is 1. The van der Waals surface area contributed by atoms with E-state index < -0.39 is 0 Å². The molecule has 0 aliphatic rings. The van der Waals surface area contributed by atoms with Crippen LogP contribution in [0.25, 0.3) is 21.9 Å². The summed E-state index contributed by atoms with van der Waals surface area (Å²) in [5.41, 5.74) is 8.91. The Hall–Kier alpha value is -2.30. The molecule has 0 atom stereocenters. The van der Waals surface area contributed by atoms with Crippen LogP contribution >= 0.6 is 0 Å². The first-order valence-electron chi connectivity index (χ1n) is 7.20. The number of fused-ring (bicyclic) bond motifs is 3. The van der Waals surface area contributed by atoms with Crippen LogP contribution in [0, 0.1) is 5.92 Å². The third-order valence-corrected chi connectivity index (χ3v) is 3.54. The molecule has 1 aromatic carbocycles. The van der Waals surface area contributed by atoms with Gasteiger partial charge >= 0.3 is 0 Å². The van der Waals surface area contributed by atoms with Gasteiger partial charge in [-0.15, -0.1) is 0 Å². The lowest BCUT2D eigenvalue weighted by molar-refractivity contribution is 0.533. The van der Waals surface area contributed by atoms with Crippen molar-refractivity contribution in [1.82, 2.24) is 14.5 Å². The minimum absolute atomic E-state index is 0.495. The number of anilines is 2. The molecule has 2 aromatic heterocycles. The predicted molar refractivity (Wildman–Crippen MR) is 88.6 cm³/mol. The molecule has 2 N–H and O–H groups in total. The monoisotopic (exact) mass is 283 g/mol. The second-order valence-electron chi connectivity index (χ2n) is 6.02. The zero-order valence-electron chi connectivity index (χ0n) is 13.0. The Morgan fingerprint density at radius 2 is 1.90 bits per heavy atom. The van der Waals surface area contributed by atoms with Gasteiger partial charge < -0.3 is 15.2 Å². The fourth-order valence-electron chi connectivity index (χ4n) is 2.73. The number of benzene rings is 1. The summed E-state index contributed by atoms with van der Waals surface area (Å²) in [5, 5.41) is 1.10. The Morgan fingerprint density at radius 1 is 1.19 bits per heavy atom. The van der Waals surface area contributed by atoms with Crippen LogP contribution in [0.15, 0.2) is 24.3 Å². The number of hydrogen-bond acceptors (Lipinski definition) is 4. The molecule has 0 saturated heterocycles. The maximum atomic E-state index is 6.13. The van der Waals surface area contributed by atoms with Gasteiger partial charge in [0.1, 0.15) is 5.52 Å². The van der Waals surface area contributed by atoms with Gasteiger partial charge in [-0.25, -0.2) is 9.97 Å². The highest BCUT2D eigenvalue weighted by Gasteiger charge is 2.18. The number of nitrogens with two attached hydrogens (primary N) is 1. The van der Waals surface area contributed by atoms with E-state index in [4.69, 9.17) is 10.7 Å². The molecule has 3 aromatic rings. The maximum Gasteiger partial charge on any atom is 0.206 e. The van der Waals surface area contributed by atoms with Crippen molar-refractivity contribution in [3.8, 4) is 0 Å². The summed E-state index contributed by atoms with van der Waals surface area (Å²) < 4.78 is 2.25. The van der Waals surface area contributed by atoms with E-state index in [-0.39, 0.29) is 0 Å². The first kappa shape index (κ1) is 13.7. The Labute approximate surface area is 124 Å². The van der Waals surface area contributed by atoms with Gasteiger partial charge in [-0.3, -0.25) is 0 Å². The predicted octanol–water partition coefficient (Wildman–Crippen LogP) is 2.89. The van der Waals surface area contributed by atoms with E-state index in [1.54, 1.807) is 0 Å². The number of rotatable bonds is 3. The summed E-state index contributed by atoms with van der Waals surface area (Å²) in [6.45, 7) is 5.31. The van der Waals surface area contributed by atoms with Crippen molar-refractivity contribution in [1.29, 1.82) is 0 Å². The number of imidazole rings is 1. The number of aromatic nitrogens is 3. The quantitative estimate of drug-likeness (QED) is 0.803. The van der Waals surface area contributed by atoms with E-state index in [2.05, 4.69) is 29.5 Å². The SMILES string of the molecule is CC(C)Cn1c(N(C)C)nc2c(N)nc3ccccc3c21. The molecular formula is C16H21N5. The highest BCUT2D eigenvalue weighted by molar-refractivity contribution is 6.07. The molecular weight excluding hydrogens is 262 g/mol. The van der Waals surface area contributed by atoms with Crippen LogP contribution in [-0.2, 0) is 6.54 Å². The molecule has 0 radical (unpaired) electrons. The molecule has 0 aliphatic heterocycles. The molecule has 2 heterocycles. The summed E-state index contributed by atoms with van der Waals surface area (Å²) in [6, 6.07) is 8.09. The minimum Gasteiger partial charge on any atom is -0.382 e. The van der Waals surface area contributed by atoms with Crippen LogP contribution < -0.4 is 10.6 Å². The topological polar surface area (TPSA) is 60.0 Å². The molecule has 0 aliphatic carbocycles. The van der Waals surface area contributed by atoms with Crippen LogP contribution in [-0.4, -0.2) is 28.6 Å². The lowest BCUT2D eigenvalue weighted by atomic mass is 10.1. The minimum atomic E-state index is 0.495. The van der Waals surface area contributed by atoms with E-state index in [0.29, 0.717) is 11.7 Å². The Kier molecular flexibility index (Phi) is 3.20. The van der Waals surface area contributed by atoms with Crippen LogP contribution in [0.5, 0.6) is 0 Å². The van der Waals surface area contributed by atoms with Crippen molar-refractivity contribution in [3.63, 3.8) is 0 Å². The van der Waals surface area contributed by atoms with Gasteiger partial charge in [-0.05, 0) is 12.0 Å². The fraction of sp³-hybridized carbons (Fsp3) is 0.375. The largest absolute Gasteiger partial charge is 0.382 e. The molecule has 0 amide bonds. The van der Waals surface area contributed by atoms with E-state index in [1.807, 2.05) is 37.2 Å². The van der Waals surface area contributed by atoms with Crippen LogP contribution in [0.2, 0.25) is 0 Å². The molecule has 0 saturated carbocycles. The van der Waals surface area contributed by atoms with Crippen LogP contribution in [0.4, 0.5) is 11.8 Å². The molecule has 5 heteroatoms. The van der Waals surface area contributed by atoms with Crippen molar-refractivity contribution in [2.24, 2.45) is 5.92 Å². The van der Waals surface area contributed by atoms with E-state index in [0.717, 1.165) is 34.4 Å². The molecule has 5 nitrogen and oxygen atoms in total. The lowest BCUT2D eigenvalue weighted by Crippen LogP contribution is -2.17. The zero-order valence-corrected chi connectivity index (χ0v) is 13.0. The highest BCUT2D eigenvalue weighted by atomic mass is 15.3. The standard InChI is InChI=1S/C16H21N5/c1-10(2)9-21-14-11-7-5-6-8-12(11)18-15(17)13(14)19-16(21)20(3)4/h5-8,10H,9H2,1-4H3,(H2,17,18). The third kappa shape index (κ3) is 2.18. The number of hydrogen-bond donors (Lipinski definition) is 1. The lowest BCUT2D eigenvalue weighted by Gasteiger charge is -2.17. The second kappa shape index (κ2) is 4.91. The van der Waals surface area contributed by atoms with Gasteiger partial charge in [-0.2, -0.15) is 0 Å². The second-order valence-corrected chi connectivity index (χ2v) is 6.02. The van der Waals surface area contributed by atoms with Gasteiger partial charge in [0.05, 0.1) is 11.0 Å². The van der Waals surface area contributed by atoms with Gasteiger partial charge in [0.15, 0.2) is 5.82 Å². The van der Waals surface area contributed by atoms with Gasteiger partial charge in [0.25, 0.3) is 0 Å². The van der Waals surface area contributed by atoms with Gasteiger partial charge in [0.2, 0.25) is 5.95 Å². The average Bonchev–Trinajstić information content (AvgIpc) is 2.79. The number of nitrogen functional groups attached to an aromatic ring is 1. The Morgan fingerprint density at radius 3 is 2.57 bits per heavy atom. The summed E-state index contributed by atoms with van der Waals surface area (Å²) in [5.74, 6) is 1.94. The molecule has 0 spiro atoms. The van der Waals surface area contributed by atoms with E-state index >= 15 is 0 Å². The van der Waals surface area contributed by atoms with Gasteiger partial charge in [-0.1, -0.05) is 32.0 Å². The molecule has 21 heavy (non-hydrogen) atoms. The summed E-state index contributed by atoms with van der Waals surface area (Å²) in [6.07, 6.45) is 0. The van der Waals surface area contributed by atoms with Crippen molar-refractivity contribution in [2.75, 3.05) is 24.7 Å². The Balaban J connectivity index is 2.45. The normalized spacial score (nSPS) is 11.7.